The Balaban J connectivity index is 1.72. The van der Waals surface area contributed by atoms with Crippen LogP contribution >= 0.6 is 0 Å². The average molecular weight is 667 g/mol. The summed E-state index contributed by atoms with van der Waals surface area (Å²) in [6.45, 7) is 4.52. The second-order valence-electron chi connectivity index (χ2n) is 13.6. The van der Waals surface area contributed by atoms with Crippen molar-refractivity contribution in [3.05, 3.63) is 129 Å². The lowest BCUT2D eigenvalue weighted by Crippen LogP contribution is -2.22. The van der Waals surface area contributed by atoms with Gasteiger partial charge in [-0.2, -0.15) is 0 Å². The van der Waals surface area contributed by atoms with Gasteiger partial charge in [-0.3, -0.25) is 0 Å². The van der Waals surface area contributed by atoms with Gasteiger partial charge in [0.1, 0.15) is 0 Å². The number of hydrogen-bond acceptors (Lipinski definition) is 4. The number of esters is 2. The molecule has 4 nitrogen and oxygen atoms in total. The molecule has 0 unspecified atom stereocenters. The third kappa shape index (κ3) is 6.86. The molecule has 5 aromatic carbocycles. The highest BCUT2D eigenvalue weighted by Crippen LogP contribution is 2.48. The van der Waals surface area contributed by atoms with E-state index in [9.17, 15) is 9.59 Å². The Labute approximate surface area is 297 Å². The first-order chi connectivity index (χ1) is 24.5. The third-order valence-electron chi connectivity index (χ3n) is 10.6. The number of carbonyl (C=O) groups is 2. The van der Waals surface area contributed by atoms with E-state index in [-0.39, 0.29) is 11.1 Å². The summed E-state index contributed by atoms with van der Waals surface area (Å²) in [6, 6.07) is 29.1. The number of rotatable bonds is 14. The van der Waals surface area contributed by atoms with Gasteiger partial charge in [0.15, 0.2) is 0 Å². The molecule has 0 aromatic heterocycles. The molecule has 1 aliphatic rings. The molecule has 0 aliphatic heterocycles. The number of fused-ring (bicyclic) bond motifs is 3. The Bertz CT molecular complexity index is 1830. The normalized spacial score (nSPS) is 12.0. The lowest BCUT2D eigenvalue weighted by Gasteiger charge is -2.33. The Kier molecular flexibility index (Phi) is 11.5. The maximum absolute atomic E-state index is 14.0. The van der Waals surface area contributed by atoms with Crippen LogP contribution in [0, 0.1) is 0 Å². The van der Waals surface area contributed by atoms with Crippen molar-refractivity contribution in [2.45, 2.75) is 90.9 Å². The molecule has 0 amide bonds. The third-order valence-corrected chi connectivity index (χ3v) is 10.6. The van der Waals surface area contributed by atoms with Crippen molar-refractivity contribution < 1.29 is 19.1 Å². The molecule has 0 atom stereocenters. The number of hydrogen-bond donors (Lipinski definition) is 0. The number of methoxy groups -OCH3 is 2. The Hall–Kier alpha value is -4.70. The number of ether oxygens (including phenoxy) is 2. The molecule has 1 aliphatic carbocycles. The molecular weight excluding hydrogens is 617 g/mol. The van der Waals surface area contributed by atoms with Gasteiger partial charge in [0.2, 0.25) is 0 Å². The zero-order chi connectivity index (χ0) is 35.0. The molecule has 0 saturated carbocycles. The van der Waals surface area contributed by atoms with E-state index >= 15 is 0 Å². The molecule has 0 heterocycles. The van der Waals surface area contributed by atoms with Crippen LogP contribution < -0.4 is 0 Å². The van der Waals surface area contributed by atoms with E-state index in [0.29, 0.717) is 12.8 Å². The molecule has 0 saturated heterocycles. The van der Waals surface area contributed by atoms with Crippen LogP contribution in [0.2, 0.25) is 0 Å². The Morgan fingerprint density at radius 1 is 0.500 bits per heavy atom. The number of aryl methyl sites for hydroxylation is 2. The highest BCUT2D eigenvalue weighted by molar-refractivity contribution is 6.13. The minimum absolute atomic E-state index is 0.275. The quantitative estimate of drug-likeness (QED) is 0.0857. The second-order valence-corrected chi connectivity index (χ2v) is 13.6. The fraction of sp³-hybridized carbons (Fsp3) is 0.348. The summed E-state index contributed by atoms with van der Waals surface area (Å²) in [4.78, 5) is 28.0. The van der Waals surface area contributed by atoms with E-state index in [0.717, 1.165) is 59.1 Å². The topological polar surface area (TPSA) is 52.6 Å². The summed E-state index contributed by atoms with van der Waals surface area (Å²) in [5.74, 6) is -1.07. The fourth-order valence-corrected chi connectivity index (χ4v) is 8.21. The van der Waals surface area contributed by atoms with Crippen LogP contribution in [0.5, 0.6) is 0 Å². The molecule has 4 heteroatoms. The summed E-state index contributed by atoms with van der Waals surface area (Å²) in [7, 11) is 2.78. The molecule has 258 valence electrons. The van der Waals surface area contributed by atoms with Crippen molar-refractivity contribution >= 4 is 22.7 Å². The molecule has 0 bridgehead atoms. The fourth-order valence-electron chi connectivity index (χ4n) is 8.21. The maximum atomic E-state index is 14.0. The molecule has 50 heavy (non-hydrogen) atoms. The summed E-state index contributed by atoms with van der Waals surface area (Å²) in [5, 5.41) is 2.72. The summed E-state index contributed by atoms with van der Waals surface area (Å²) in [5.41, 5.74) is 11.7. The molecule has 0 radical (unpaired) electrons. The molecule has 0 spiro atoms. The van der Waals surface area contributed by atoms with E-state index < -0.39 is 11.9 Å². The summed E-state index contributed by atoms with van der Waals surface area (Å²) < 4.78 is 11.0. The number of unbranched alkanes of at least 4 members (excludes halogenated alkanes) is 6. The largest absolute Gasteiger partial charge is 0.465 e. The minimum Gasteiger partial charge on any atom is -0.465 e. The van der Waals surface area contributed by atoms with Crippen LogP contribution in [0.1, 0.15) is 119 Å². The van der Waals surface area contributed by atoms with Gasteiger partial charge < -0.3 is 9.47 Å². The van der Waals surface area contributed by atoms with Crippen LogP contribution in [0.3, 0.4) is 0 Å². The van der Waals surface area contributed by atoms with Crippen molar-refractivity contribution in [2.24, 2.45) is 0 Å². The van der Waals surface area contributed by atoms with Crippen molar-refractivity contribution in [1.82, 2.24) is 0 Å². The average Bonchev–Trinajstić information content (AvgIpc) is 3.17. The SMILES string of the molecule is CCCCCCc1c2c(c(CCCCCC)c3ccccc13)Cc1c(c(-c3ccccc3)c(C(=O)OC)c(C(=O)OC)c1-c1ccccc1)C2. The van der Waals surface area contributed by atoms with Crippen molar-refractivity contribution in [1.29, 1.82) is 0 Å². The van der Waals surface area contributed by atoms with E-state index in [2.05, 4.69) is 38.1 Å². The monoisotopic (exact) mass is 666 g/mol. The van der Waals surface area contributed by atoms with E-state index in [1.165, 1.54) is 85.8 Å². The highest BCUT2D eigenvalue weighted by Gasteiger charge is 2.36. The van der Waals surface area contributed by atoms with Crippen LogP contribution in [0.15, 0.2) is 84.9 Å². The van der Waals surface area contributed by atoms with E-state index in [4.69, 9.17) is 9.47 Å². The van der Waals surface area contributed by atoms with E-state index in [1.54, 1.807) is 0 Å². The van der Waals surface area contributed by atoms with Gasteiger partial charge in [-0.15, -0.1) is 0 Å². The Morgan fingerprint density at radius 3 is 1.24 bits per heavy atom. The van der Waals surface area contributed by atoms with Gasteiger partial charge in [0.25, 0.3) is 0 Å². The molecule has 6 rings (SSSR count). The van der Waals surface area contributed by atoms with Crippen LogP contribution in [0.25, 0.3) is 33.0 Å². The molecular formula is C46H50O4. The van der Waals surface area contributed by atoms with Crippen LogP contribution in [-0.2, 0) is 35.2 Å². The van der Waals surface area contributed by atoms with Gasteiger partial charge in [0, 0.05) is 11.1 Å². The molecule has 5 aromatic rings. The van der Waals surface area contributed by atoms with E-state index in [1.807, 2.05) is 60.7 Å². The van der Waals surface area contributed by atoms with Gasteiger partial charge in [-0.05, 0) is 93.8 Å². The second kappa shape index (κ2) is 16.3. The predicted octanol–water partition coefficient (Wildman–Crippen LogP) is 11.5. The zero-order valence-corrected chi connectivity index (χ0v) is 30.2. The summed E-state index contributed by atoms with van der Waals surface area (Å²) >= 11 is 0. The van der Waals surface area contributed by atoms with Gasteiger partial charge >= 0.3 is 11.9 Å². The predicted molar refractivity (Wildman–Crippen MR) is 205 cm³/mol. The lowest BCUT2D eigenvalue weighted by molar-refractivity contribution is 0.0556. The number of carbonyl (C=O) groups excluding carboxylic acids is 2. The molecule has 0 N–H and O–H groups in total. The van der Waals surface area contributed by atoms with Gasteiger partial charge in [0.05, 0.1) is 25.3 Å². The maximum Gasteiger partial charge on any atom is 0.339 e. The summed E-state index contributed by atoms with van der Waals surface area (Å²) in [6.07, 6.45) is 12.9. The highest BCUT2D eigenvalue weighted by atomic mass is 16.5. The smallest absolute Gasteiger partial charge is 0.339 e. The molecule has 0 fully saturated rings. The lowest BCUT2D eigenvalue weighted by atomic mass is 9.71. The van der Waals surface area contributed by atoms with Crippen molar-refractivity contribution in [3.8, 4) is 22.3 Å². The number of benzene rings is 5. The standard InChI is InChI=1S/C46H50O4/c1-5-7-9-17-25-35-33-27-19-20-28-34(33)36(26-18-10-8-6-2)38-30-40-39(29-37(35)38)41(31-21-13-11-14-22-31)43(45(47)49-3)44(46(48)50-4)42(40)32-23-15-12-16-24-32/h11-16,19-24,27-28H,5-10,17-18,25-26,29-30H2,1-4H3. The van der Waals surface area contributed by atoms with Crippen molar-refractivity contribution in [2.75, 3.05) is 14.2 Å². The van der Waals surface area contributed by atoms with Crippen LogP contribution in [-0.4, -0.2) is 26.2 Å². The minimum atomic E-state index is -0.537. The Morgan fingerprint density at radius 2 is 0.880 bits per heavy atom. The first kappa shape index (κ1) is 35.1. The van der Waals surface area contributed by atoms with Gasteiger partial charge in [-0.1, -0.05) is 137 Å². The first-order valence-corrected chi connectivity index (χ1v) is 18.6. The van der Waals surface area contributed by atoms with Crippen LogP contribution in [0.4, 0.5) is 0 Å². The first-order valence-electron chi connectivity index (χ1n) is 18.6. The van der Waals surface area contributed by atoms with Crippen molar-refractivity contribution in [3.63, 3.8) is 0 Å². The zero-order valence-electron chi connectivity index (χ0n) is 30.2. The van der Waals surface area contributed by atoms with Gasteiger partial charge in [-0.25, -0.2) is 9.59 Å².